The van der Waals surface area contributed by atoms with Crippen LogP contribution in [0.15, 0.2) is 42.5 Å². The van der Waals surface area contributed by atoms with E-state index < -0.39 is 32.7 Å². The van der Waals surface area contributed by atoms with Crippen LogP contribution in [0.3, 0.4) is 0 Å². The quantitative estimate of drug-likeness (QED) is 0.766. The van der Waals surface area contributed by atoms with Crippen LogP contribution in [0.25, 0.3) is 0 Å². The number of hydrogen-bond acceptors (Lipinski definition) is 4. The monoisotopic (exact) mass is 408 g/mol. The van der Waals surface area contributed by atoms with Crippen molar-refractivity contribution < 1.29 is 18.0 Å². The zero-order chi connectivity index (χ0) is 20.2. The number of amides is 2. The number of nitrogens with one attached hydrogen (secondary N) is 2. The first-order chi connectivity index (χ1) is 12.6. The highest BCUT2D eigenvalue weighted by atomic mass is 35.5. The maximum absolute atomic E-state index is 12.4. The zero-order valence-electron chi connectivity index (χ0n) is 15.2. The average Bonchev–Trinajstić information content (AvgIpc) is 2.59. The van der Waals surface area contributed by atoms with Gasteiger partial charge in [0.2, 0.25) is 11.8 Å². The Kier molecular flexibility index (Phi) is 6.62. The zero-order valence-corrected chi connectivity index (χ0v) is 16.8. The number of carbonyl (C=O) groups excluding carboxylic acids is 2. The van der Waals surface area contributed by atoms with Crippen LogP contribution in [0.1, 0.15) is 18.1 Å². The predicted octanol–water partition coefficient (Wildman–Crippen LogP) is 3.34. The van der Waals surface area contributed by atoms with Gasteiger partial charge in [0.25, 0.3) is 0 Å². The molecule has 0 aliphatic rings. The van der Waals surface area contributed by atoms with Crippen LogP contribution >= 0.6 is 11.6 Å². The highest BCUT2D eigenvalue weighted by Crippen LogP contribution is 2.21. The molecule has 2 amide bonds. The molecule has 0 saturated heterocycles. The van der Waals surface area contributed by atoms with Gasteiger partial charge in [-0.1, -0.05) is 35.4 Å². The third-order valence-corrected chi connectivity index (χ3v) is 6.22. The first-order valence-corrected chi connectivity index (χ1v) is 10.3. The van der Waals surface area contributed by atoms with Crippen LogP contribution in [0.2, 0.25) is 5.02 Å². The van der Waals surface area contributed by atoms with Crippen molar-refractivity contribution in [3.8, 4) is 0 Å². The lowest BCUT2D eigenvalue weighted by Crippen LogP contribution is -2.37. The van der Waals surface area contributed by atoms with Gasteiger partial charge >= 0.3 is 0 Å². The van der Waals surface area contributed by atoms with Gasteiger partial charge in [0.05, 0.1) is 0 Å². The number of hydrogen-bond donors (Lipinski definition) is 2. The van der Waals surface area contributed by atoms with E-state index in [1.165, 1.54) is 13.0 Å². The van der Waals surface area contributed by atoms with Crippen molar-refractivity contribution in [1.29, 1.82) is 0 Å². The van der Waals surface area contributed by atoms with E-state index in [2.05, 4.69) is 10.6 Å². The Balaban J connectivity index is 2.03. The molecule has 0 saturated carbocycles. The van der Waals surface area contributed by atoms with E-state index in [1.54, 1.807) is 43.3 Å². The SMILES string of the molecule is Cc1ccc(NC(=O)CS(=O)(=O)C(C)C(=O)Nc2cc(Cl)ccc2C)cc1. The van der Waals surface area contributed by atoms with E-state index in [4.69, 9.17) is 11.6 Å². The fourth-order valence-corrected chi connectivity index (χ4v) is 3.51. The summed E-state index contributed by atoms with van der Waals surface area (Å²) < 4.78 is 24.8. The fourth-order valence-electron chi connectivity index (χ4n) is 2.27. The largest absolute Gasteiger partial charge is 0.325 e. The minimum Gasteiger partial charge on any atom is -0.325 e. The van der Waals surface area contributed by atoms with E-state index in [1.807, 2.05) is 6.92 Å². The third-order valence-electron chi connectivity index (χ3n) is 4.03. The van der Waals surface area contributed by atoms with Crippen molar-refractivity contribution in [1.82, 2.24) is 0 Å². The van der Waals surface area contributed by atoms with Crippen molar-refractivity contribution in [2.24, 2.45) is 0 Å². The molecule has 0 spiro atoms. The summed E-state index contributed by atoms with van der Waals surface area (Å²) in [5.74, 6) is -2.20. The summed E-state index contributed by atoms with van der Waals surface area (Å²) in [6.45, 7) is 4.92. The molecule has 8 heteroatoms. The van der Waals surface area contributed by atoms with Crippen LogP contribution in [0, 0.1) is 13.8 Å². The van der Waals surface area contributed by atoms with Crippen LogP contribution in [-0.4, -0.2) is 31.2 Å². The first-order valence-electron chi connectivity index (χ1n) is 8.23. The topological polar surface area (TPSA) is 92.3 Å². The summed E-state index contributed by atoms with van der Waals surface area (Å²) in [4.78, 5) is 24.4. The molecule has 2 N–H and O–H groups in total. The molecule has 0 aliphatic heterocycles. The van der Waals surface area contributed by atoms with E-state index in [0.717, 1.165) is 11.1 Å². The van der Waals surface area contributed by atoms with Crippen molar-refractivity contribution in [2.45, 2.75) is 26.0 Å². The van der Waals surface area contributed by atoms with Gasteiger partial charge in [-0.25, -0.2) is 8.42 Å². The minimum atomic E-state index is -3.99. The number of halogens is 1. The molecule has 0 bridgehead atoms. The molecule has 27 heavy (non-hydrogen) atoms. The van der Waals surface area contributed by atoms with Gasteiger partial charge in [0.1, 0.15) is 11.0 Å². The van der Waals surface area contributed by atoms with E-state index >= 15 is 0 Å². The van der Waals surface area contributed by atoms with Crippen molar-refractivity contribution in [2.75, 3.05) is 16.4 Å². The maximum atomic E-state index is 12.4. The molecule has 2 rings (SSSR count). The predicted molar refractivity (Wildman–Crippen MR) is 108 cm³/mol. The molecule has 1 atom stereocenters. The number of carbonyl (C=O) groups is 2. The molecule has 6 nitrogen and oxygen atoms in total. The van der Waals surface area contributed by atoms with Crippen molar-refractivity contribution in [3.63, 3.8) is 0 Å². The first kappa shape index (κ1) is 20.9. The lowest BCUT2D eigenvalue weighted by atomic mass is 10.2. The van der Waals surface area contributed by atoms with Gasteiger partial charge in [-0.15, -0.1) is 0 Å². The average molecular weight is 409 g/mol. The number of sulfone groups is 1. The summed E-state index contributed by atoms with van der Waals surface area (Å²) in [6.07, 6.45) is 0. The maximum Gasteiger partial charge on any atom is 0.242 e. The molecular weight excluding hydrogens is 388 g/mol. The molecule has 2 aromatic rings. The van der Waals surface area contributed by atoms with E-state index in [-0.39, 0.29) is 0 Å². The second-order valence-corrected chi connectivity index (χ2v) is 9.07. The Morgan fingerprint density at radius 1 is 1.04 bits per heavy atom. The van der Waals surface area contributed by atoms with Crippen molar-refractivity contribution in [3.05, 3.63) is 58.6 Å². The summed E-state index contributed by atoms with van der Waals surface area (Å²) in [7, 11) is -3.99. The summed E-state index contributed by atoms with van der Waals surface area (Å²) >= 11 is 5.90. The molecule has 1 unspecified atom stereocenters. The summed E-state index contributed by atoms with van der Waals surface area (Å²) in [6, 6.07) is 11.9. The Bertz CT molecular complexity index is 956. The highest BCUT2D eigenvalue weighted by molar-refractivity contribution is 7.93. The van der Waals surface area contributed by atoms with Gasteiger partial charge in [-0.3, -0.25) is 9.59 Å². The molecular formula is C19H21ClN2O4S. The lowest BCUT2D eigenvalue weighted by Gasteiger charge is -2.15. The normalized spacial score (nSPS) is 12.3. The third kappa shape index (κ3) is 5.80. The fraction of sp³-hybridized carbons (Fsp3) is 0.263. The minimum absolute atomic E-state index is 0.420. The standard InChI is InChI=1S/C19H21ClN2O4S/c1-12-4-8-16(9-5-12)21-18(23)11-27(25,26)14(3)19(24)22-17-10-15(20)7-6-13(17)2/h4-10,14H,11H2,1-3H3,(H,21,23)(H,22,24). The van der Waals surface area contributed by atoms with Crippen molar-refractivity contribution >= 4 is 44.6 Å². The number of aryl methyl sites for hydroxylation is 2. The van der Waals surface area contributed by atoms with E-state index in [9.17, 15) is 18.0 Å². The summed E-state index contributed by atoms with van der Waals surface area (Å²) in [5.41, 5.74) is 2.68. The number of benzene rings is 2. The molecule has 0 heterocycles. The molecule has 2 aromatic carbocycles. The Morgan fingerprint density at radius 2 is 1.67 bits per heavy atom. The van der Waals surface area contributed by atoms with Gasteiger partial charge in [0.15, 0.2) is 9.84 Å². The van der Waals surface area contributed by atoms with Gasteiger partial charge < -0.3 is 10.6 Å². The molecule has 0 aromatic heterocycles. The van der Waals surface area contributed by atoms with Crippen LogP contribution < -0.4 is 10.6 Å². The number of anilines is 2. The Hall–Kier alpha value is -2.38. The molecule has 144 valence electrons. The Morgan fingerprint density at radius 3 is 2.30 bits per heavy atom. The van der Waals surface area contributed by atoms with Crippen LogP contribution in [-0.2, 0) is 19.4 Å². The lowest BCUT2D eigenvalue weighted by molar-refractivity contribution is -0.115. The summed E-state index contributed by atoms with van der Waals surface area (Å²) in [5, 5.41) is 4.10. The molecule has 0 radical (unpaired) electrons. The smallest absolute Gasteiger partial charge is 0.242 e. The second kappa shape index (κ2) is 8.54. The number of rotatable bonds is 6. The van der Waals surface area contributed by atoms with Crippen LogP contribution in [0.4, 0.5) is 11.4 Å². The molecule has 0 aliphatic carbocycles. The highest BCUT2D eigenvalue weighted by Gasteiger charge is 2.30. The van der Waals surface area contributed by atoms with E-state index in [0.29, 0.717) is 16.4 Å². The van der Waals surface area contributed by atoms with Gasteiger partial charge in [-0.05, 0) is 50.6 Å². The molecule has 0 fully saturated rings. The van der Waals surface area contributed by atoms with Gasteiger partial charge in [0, 0.05) is 16.4 Å². The van der Waals surface area contributed by atoms with Gasteiger partial charge in [-0.2, -0.15) is 0 Å². The Labute approximate surface area is 163 Å². The second-order valence-electron chi connectivity index (χ2n) is 6.31. The van der Waals surface area contributed by atoms with Crippen LogP contribution in [0.5, 0.6) is 0 Å².